The third kappa shape index (κ3) is 7.02. The number of carbonyl (C=O) groups is 3. The fraction of sp³-hybridized carbons (Fsp3) is 0.640. The van der Waals surface area contributed by atoms with Crippen molar-refractivity contribution in [3.05, 3.63) is 46.3 Å². The van der Waals surface area contributed by atoms with E-state index >= 15 is 0 Å². The molecule has 0 spiro atoms. The van der Waals surface area contributed by atoms with E-state index in [4.69, 9.17) is 55.0 Å². The van der Waals surface area contributed by atoms with Crippen LogP contribution >= 0.6 is 11.6 Å². The lowest BCUT2D eigenvalue weighted by molar-refractivity contribution is -0.331. The second-order valence-corrected chi connectivity index (χ2v) is 9.69. The molecule has 2 bridgehead atoms. The third-order valence-corrected chi connectivity index (χ3v) is 7.01. The molecule has 1 aromatic carbocycles. The van der Waals surface area contributed by atoms with E-state index in [1.54, 1.807) is 6.92 Å². The van der Waals surface area contributed by atoms with Gasteiger partial charge in [-0.3, -0.25) is 14.4 Å². The predicted molar refractivity (Wildman–Crippen MR) is 133 cm³/mol. The van der Waals surface area contributed by atoms with Crippen LogP contribution in [0.5, 0.6) is 0 Å². The number of fused-ring (bicyclic) bond motifs is 2. The van der Waals surface area contributed by atoms with Crippen molar-refractivity contribution < 1.29 is 52.3 Å². The van der Waals surface area contributed by atoms with Gasteiger partial charge < -0.3 is 37.9 Å². The van der Waals surface area contributed by atoms with E-state index in [-0.39, 0.29) is 26.3 Å². The van der Waals surface area contributed by atoms with Crippen molar-refractivity contribution in [2.75, 3.05) is 19.1 Å². The first kappa shape index (κ1) is 30.0. The van der Waals surface area contributed by atoms with Gasteiger partial charge in [-0.2, -0.15) is 0 Å². The summed E-state index contributed by atoms with van der Waals surface area (Å²) in [5.41, 5.74) is 9.99. The van der Waals surface area contributed by atoms with Crippen LogP contribution in [0.1, 0.15) is 19.4 Å². The molecule has 3 aliphatic heterocycles. The quantitative estimate of drug-likeness (QED) is 0.0669. The van der Waals surface area contributed by atoms with Crippen LogP contribution in [0.3, 0.4) is 0 Å². The molecule has 40 heavy (non-hydrogen) atoms. The summed E-state index contributed by atoms with van der Waals surface area (Å²) in [5.74, 6) is -2.26. The van der Waals surface area contributed by atoms with Crippen LogP contribution in [0, 0.1) is 5.92 Å². The van der Waals surface area contributed by atoms with E-state index in [9.17, 15) is 14.4 Å². The van der Waals surface area contributed by atoms with Crippen molar-refractivity contribution in [3.63, 3.8) is 0 Å². The molecule has 0 aliphatic carbocycles. The summed E-state index contributed by atoms with van der Waals surface area (Å²) in [7, 11) is 0. The predicted octanol–water partition coefficient (Wildman–Crippen LogP) is 2.01. The molecule has 0 aromatic heterocycles. The Hall–Kier alpha value is -2.97. The van der Waals surface area contributed by atoms with Crippen molar-refractivity contribution >= 4 is 30.0 Å². The van der Waals surface area contributed by atoms with Crippen molar-refractivity contribution in [2.24, 2.45) is 11.0 Å². The molecule has 218 valence electrons. The minimum Gasteiger partial charge on any atom is -0.465 e. The van der Waals surface area contributed by atoms with Crippen LogP contribution in [0.25, 0.3) is 10.4 Å². The summed E-state index contributed by atoms with van der Waals surface area (Å²) in [4.78, 5) is 38.0. The molecule has 0 amide bonds. The van der Waals surface area contributed by atoms with Crippen molar-refractivity contribution in [1.82, 2.24) is 0 Å². The van der Waals surface area contributed by atoms with Gasteiger partial charge in [0.15, 0.2) is 12.6 Å². The molecule has 4 rings (SSSR count). The first-order valence-electron chi connectivity index (χ1n) is 12.6. The van der Waals surface area contributed by atoms with E-state index in [0.717, 1.165) is 5.56 Å². The molecule has 3 heterocycles. The average molecular weight is 584 g/mol. The van der Waals surface area contributed by atoms with E-state index in [1.807, 2.05) is 30.3 Å². The summed E-state index contributed by atoms with van der Waals surface area (Å²) in [5, 5.41) is 3.73. The molecular formula is C25H30ClN3O11. The minimum atomic E-state index is -1.15. The number of azide groups is 1. The molecule has 0 N–H and O–H groups in total. The Morgan fingerprint density at radius 2 is 1.93 bits per heavy atom. The number of rotatable bonds is 12. The Kier molecular flexibility index (Phi) is 10.6. The van der Waals surface area contributed by atoms with Gasteiger partial charge in [-0.15, -0.1) is 11.6 Å². The van der Waals surface area contributed by atoms with Gasteiger partial charge in [0.1, 0.15) is 55.2 Å². The zero-order valence-electron chi connectivity index (χ0n) is 21.8. The highest BCUT2D eigenvalue weighted by atomic mass is 35.5. The van der Waals surface area contributed by atoms with E-state index in [2.05, 4.69) is 10.0 Å². The van der Waals surface area contributed by atoms with Crippen LogP contribution in [0.2, 0.25) is 0 Å². The van der Waals surface area contributed by atoms with Crippen molar-refractivity contribution in [3.8, 4) is 0 Å². The molecule has 1 aromatic rings. The van der Waals surface area contributed by atoms with Crippen LogP contribution in [-0.4, -0.2) is 92.8 Å². The average Bonchev–Trinajstić information content (AvgIpc) is 3.39. The summed E-state index contributed by atoms with van der Waals surface area (Å²) in [6.07, 6.45) is -7.52. The second-order valence-electron chi connectivity index (χ2n) is 9.43. The maximum atomic E-state index is 12.1. The highest BCUT2D eigenvalue weighted by Gasteiger charge is 2.56. The van der Waals surface area contributed by atoms with E-state index in [1.165, 1.54) is 6.92 Å². The smallest absolute Gasteiger partial charge is 0.321 e. The maximum absolute atomic E-state index is 12.1. The van der Waals surface area contributed by atoms with Gasteiger partial charge in [0.2, 0.25) is 0 Å². The number of nitrogens with zero attached hydrogens (tertiary/aromatic N) is 3. The number of hydrogen-bond donors (Lipinski definition) is 0. The number of halogens is 1. The summed E-state index contributed by atoms with van der Waals surface area (Å²) in [6, 6.07) is 8.32. The molecule has 4 unspecified atom stereocenters. The number of hydrogen-bond acceptors (Lipinski definition) is 12. The highest BCUT2D eigenvalue weighted by Crippen LogP contribution is 2.38. The molecule has 3 aliphatic rings. The summed E-state index contributed by atoms with van der Waals surface area (Å²) < 4.78 is 46.3. The lowest BCUT2D eigenvalue weighted by Gasteiger charge is -2.47. The number of ether oxygens (including phenoxy) is 8. The zero-order valence-corrected chi connectivity index (χ0v) is 22.5. The van der Waals surface area contributed by atoms with Crippen LogP contribution in [0.4, 0.5) is 0 Å². The fourth-order valence-electron chi connectivity index (χ4n) is 5.02. The van der Waals surface area contributed by atoms with Gasteiger partial charge in [-0.1, -0.05) is 42.4 Å². The molecule has 0 radical (unpaired) electrons. The van der Waals surface area contributed by atoms with Crippen LogP contribution in [0.15, 0.2) is 35.4 Å². The summed E-state index contributed by atoms with van der Waals surface area (Å²) in [6.45, 7) is 3.21. The third-order valence-electron chi connectivity index (χ3n) is 6.79. The lowest BCUT2D eigenvalue weighted by Crippen LogP contribution is -2.62. The molecule has 10 atom stereocenters. The molecule has 3 fully saturated rings. The first-order chi connectivity index (χ1) is 19.4. The normalized spacial score (nSPS) is 34.8. The first-order valence-corrected chi connectivity index (χ1v) is 13.1. The zero-order chi connectivity index (χ0) is 28.6. The topological polar surface area (TPSA) is 174 Å². The second kappa shape index (κ2) is 14.1. The molecule has 14 nitrogen and oxygen atoms in total. The van der Waals surface area contributed by atoms with Gasteiger partial charge in [0.05, 0.1) is 13.2 Å². The molecule has 15 heteroatoms. The minimum absolute atomic E-state index is 0.0794. The van der Waals surface area contributed by atoms with Gasteiger partial charge in [0.25, 0.3) is 6.47 Å². The fourth-order valence-corrected chi connectivity index (χ4v) is 5.09. The molecule has 0 saturated carbocycles. The number of carbonyl (C=O) groups excluding carboxylic acids is 3. The Morgan fingerprint density at radius 3 is 2.60 bits per heavy atom. The number of esters is 2. The SMILES string of the molecule is CC(=O)OC1[C@H](N=[N+]=[N-])C2OC[C@@H](O2)[C@H]1O[C@@H]1OC(COC=O)[C@@H](OC(=O)CCl)[C@H](C)C1OCc1ccccc1. The van der Waals surface area contributed by atoms with Crippen molar-refractivity contribution in [1.29, 1.82) is 0 Å². The number of benzene rings is 1. The lowest BCUT2D eigenvalue weighted by atomic mass is 9.90. The summed E-state index contributed by atoms with van der Waals surface area (Å²) >= 11 is 5.68. The Labute approximate surface area is 234 Å². The van der Waals surface area contributed by atoms with E-state index in [0.29, 0.717) is 0 Å². The highest BCUT2D eigenvalue weighted by molar-refractivity contribution is 6.26. The maximum Gasteiger partial charge on any atom is 0.321 e. The standard InChI is InChI=1S/C25H30ClN3O11/c1-13-20(39-18(32)8-26)16(10-33-12-30)38-25(21(13)34-9-15-6-4-3-5-7-15)40-22-17-11-35-24(37-17)19(28-29-27)23(22)36-14(2)31/h3-7,12-13,16-17,19-25H,8-11H2,1-2H3/t13-,16?,17+,19-,20-,21?,22+,23?,24?,25-/m0/s1. The van der Waals surface area contributed by atoms with Gasteiger partial charge in [-0.05, 0) is 11.1 Å². The molecular weight excluding hydrogens is 554 g/mol. The van der Waals surface area contributed by atoms with Gasteiger partial charge in [-0.25, -0.2) is 0 Å². The monoisotopic (exact) mass is 583 g/mol. The largest absolute Gasteiger partial charge is 0.465 e. The Balaban J connectivity index is 1.64. The Morgan fingerprint density at radius 1 is 1.15 bits per heavy atom. The molecule has 3 saturated heterocycles. The Bertz CT molecular complexity index is 1080. The van der Waals surface area contributed by atoms with Gasteiger partial charge in [0, 0.05) is 17.8 Å². The van der Waals surface area contributed by atoms with Crippen LogP contribution < -0.4 is 0 Å². The number of alkyl halides is 1. The van der Waals surface area contributed by atoms with E-state index < -0.39 is 79.0 Å². The van der Waals surface area contributed by atoms with Crippen molar-refractivity contribution in [2.45, 2.75) is 75.7 Å². The van der Waals surface area contributed by atoms with Crippen LogP contribution in [-0.2, 0) is 58.9 Å². The van der Waals surface area contributed by atoms with Gasteiger partial charge >= 0.3 is 11.9 Å².